The maximum Gasteiger partial charge on any atom is 0.338 e. The fourth-order valence-corrected chi connectivity index (χ4v) is 3.51. The van der Waals surface area contributed by atoms with Gasteiger partial charge in [0.1, 0.15) is 16.9 Å². The lowest BCUT2D eigenvalue weighted by atomic mass is 9.88. The molecule has 1 saturated carbocycles. The van der Waals surface area contributed by atoms with Gasteiger partial charge in [-0.2, -0.15) is 0 Å². The highest BCUT2D eigenvalue weighted by molar-refractivity contribution is 7.14. The molecular formula is C18H22N2O3S. The first-order valence-electron chi connectivity index (χ1n) is 7.95. The Hall–Kier alpha value is -1.92. The van der Waals surface area contributed by atoms with Gasteiger partial charge in [-0.25, -0.2) is 9.78 Å². The molecule has 0 spiro atoms. The van der Waals surface area contributed by atoms with Crippen LogP contribution in [-0.4, -0.2) is 49.2 Å². The average Bonchev–Trinajstić information content (AvgIpc) is 2.95. The number of hydrogen-bond acceptors (Lipinski definition) is 6. The number of hydrogen-bond donors (Lipinski definition) is 0. The van der Waals surface area contributed by atoms with Crippen molar-refractivity contribution in [2.24, 2.45) is 0 Å². The molecule has 0 amide bonds. The second-order valence-electron chi connectivity index (χ2n) is 6.34. The van der Waals surface area contributed by atoms with Crippen LogP contribution in [0.1, 0.15) is 28.1 Å². The molecule has 0 atom stereocenters. The molecule has 0 N–H and O–H groups in total. The van der Waals surface area contributed by atoms with Crippen molar-refractivity contribution in [3.63, 3.8) is 0 Å². The molecule has 0 radical (unpaired) electrons. The molecule has 128 valence electrons. The van der Waals surface area contributed by atoms with Crippen LogP contribution in [-0.2, 0) is 4.74 Å². The van der Waals surface area contributed by atoms with Crippen molar-refractivity contribution in [1.82, 2.24) is 9.88 Å². The van der Waals surface area contributed by atoms with Gasteiger partial charge in [-0.3, -0.25) is 0 Å². The highest BCUT2D eigenvalue weighted by Crippen LogP contribution is 2.33. The molecule has 1 aliphatic carbocycles. The first kappa shape index (κ1) is 16.9. The van der Waals surface area contributed by atoms with Crippen LogP contribution in [0.5, 0.6) is 5.75 Å². The molecule has 0 aliphatic heterocycles. The smallest absolute Gasteiger partial charge is 0.338 e. The number of nitrogens with zero attached hydrogens (tertiary/aromatic N) is 2. The zero-order valence-corrected chi connectivity index (χ0v) is 15.2. The van der Waals surface area contributed by atoms with Crippen LogP contribution >= 0.6 is 11.3 Å². The van der Waals surface area contributed by atoms with Crippen LogP contribution in [0.15, 0.2) is 24.4 Å². The molecule has 0 bridgehead atoms. The Morgan fingerprint density at radius 1 is 1.29 bits per heavy atom. The fourth-order valence-electron chi connectivity index (χ4n) is 2.76. The Kier molecular flexibility index (Phi) is 4.87. The van der Waals surface area contributed by atoms with Crippen molar-refractivity contribution in [2.75, 3.05) is 21.2 Å². The number of methoxy groups -OCH3 is 1. The number of esters is 1. The Morgan fingerprint density at radius 3 is 2.62 bits per heavy atom. The van der Waals surface area contributed by atoms with Crippen LogP contribution < -0.4 is 4.74 Å². The van der Waals surface area contributed by atoms with Crippen molar-refractivity contribution < 1.29 is 14.3 Å². The van der Waals surface area contributed by atoms with Gasteiger partial charge in [0.05, 0.1) is 12.7 Å². The van der Waals surface area contributed by atoms with E-state index < -0.39 is 0 Å². The minimum atomic E-state index is -0.366. The van der Waals surface area contributed by atoms with Crippen molar-refractivity contribution in [1.29, 1.82) is 0 Å². The molecule has 1 heterocycles. The number of benzene rings is 1. The SMILES string of the molecule is COC(=O)c1cc(OC2CC(N(C)C)C2)cc(-c2ncc(C)s2)c1. The van der Waals surface area contributed by atoms with Crippen LogP contribution in [0.4, 0.5) is 0 Å². The van der Waals surface area contributed by atoms with Crippen LogP contribution in [0.25, 0.3) is 10.6 Å². The minimum Gasteiger partial charge on any atom is -0.490 e. The van der Waals surface area contributed by atoms with Crippen molar-refractivity contribution in [2.45, 2.75) is 31.9 Å². The lowest BCUT2D eigenvalue weighted by molar-refractivity contribution is 0.0398. The van der Waals surface area contributed by atoms with E-state index in [9.17, 15) is 4.79 Å². The largest absolute Gasteiger partial charge is 0.490 e. The molecule has 5 nitrogen and oxygen atoms in total. The molecule has 6 heteroatoms. The van der Waals surface area contributed by atoms with E-state index in [1.54, 1.807) is 23.5 Å². The third kappa shape index (κ3) is 3.60. The Bertz CT molecular complexity index is 736. The second-order valence-corrected chi connectivity index (χ2v) is 7.58. The van der Waals surface area contributed by atoms with Gasteiger partial charge in [0.2, 0.25) is 0 Å². The molecular weight excluding hydrogens is 324 g/mol. The van der Waals surface area contributed by atoms with Crippen LogP contribution in [0.3, 0.4) is 0 Å². The molecule has 0 saturated heterocycles. The summed E-state index contributed by atoms with van der Waals surface area (Å²) in [5.74, 6) is 0.331. The van der Waals surface area contributed by atoms with E-state index in [1.165, 1.54) is 7.11 Å². The molecule has 1 aliphatic rings. The van der Waals surface area contributed by atoms with Gasteiger partial charge in [-0.05, 0) is 52.1 Å². The van der Waals surface area contributed by atoms with Gasteiger partial charge in [-0.1, -0.05) is 0 Å². The van der Waals surface area contributed by atoms with E-state index in [0.717, 1.165) is 28.3 Å². The first-order valence-corrected chi connectivity index (χ1v) is 8.77. The van der Waals surface area contributed by atoms with Gasteiger partial charge in [0.25, 0.3) is 0 Å². The van der Waals surface area contributed by atoms with E-state index in [-0.39, 0.29) is 12.1 Å². The average molecular weight is 346 g/mol. The standard InChI is InChI=1S/C18H22N2O3S/c1-11-10-19-17(24-11)12-5-13(18(21)22-4)7-15(6-12)23-16-8-14(9-16)20(2)3/h5-7,10,14,16H,8-9H2,1-4H3. The normalized spacial score (nSPS) is 19.9. The Labute approximate surface area is 146 Å². The van der Waals surface area contributed by atoms with Crippen molar-refractivity contribution in [3.8, 4) is 16.3 Å². The molecule has 1 fully saturated rings. The molecule has 2 aromatic rings. The van der Waals surface area contributed by atoms with Gasteiger partial charge < -0.3 is 14.4 Å². The van der Waals surface area contributed by atoms with Gasteiger partial charge >= 0.3 is 5.97 Å². The summed E-state index contributed by atoms with van der Waals surface area (Å²) >= 11 is 1.60. The summed E-state index contributed by atoms with van der Waals surface area (Å²) in [5, 5.41) is 0.878. The number of aryl methyl sites for hydroxylation is 1. The zero-order valence-electron chi connectivity index (χ0n) is 14.4. The summed E-state index contributed by atoms with van der Waals surface area (Å²) < 4.78 is 10.9. The van der Waals surface area contributed by atoms with E-state index >= 15 is 0 Å². The van der Waals surface area contributed by atoms with Crippen molar-refractivity contribution in [3.05, 3.63) is 34.8 Å². The topological polar surface area (TPSA) is 51.7 Å². The summed E-state index contributed by atoms with van der Waals surface area (Å²) in [4.78, 5) is 19.7. The molecule has 1 aromatic heterocycles. The number of ether oxygens (including phenoxy) is 2. The highest BCUT2D eigenvalue weighted by atomic mass is 32.1. The van der Waals surface area contributed by atoms with Gasteiger partial charge in [0.15, 0.2) is 0 Å². The number of aromatic nitrogens is 1. The molecule has 3 rings (SSSR count). The molecule has 0 unspecified atom stereocenters. The monoisotopic (exact) mass is 346 g/mol. The summed E-state index contributed by atoms with van der Waals surface area (Å²) in [6.45, 7) is 2.01. The number of rotatable bonds is 5. The summed E-state index contributed by atoms with van der Waals surface area (Å²) in [6, 6.07) is 6.08. The van der Waals surface area contributed by atoms with Crippen LogP contribution in [0, 0.1) is 6.92 Å². The predicted molar refractivity (Wildman–Crippen MR) is 94.8 cm³/mol. The van der Waals surface area contributed by atoms with Gasteiger partial charge in [0, 0.05) is 22.7 Å². The fraction of sp³-hybridized carbons (Fsp3) is 0.444. The molecule has 24 heavy (non-hydrogen) atoms. The maximum atomic E-state index is 12.0. The predicted octanol–water partition coefficient (Wildman–Crippen LogP) is 3.38. The lowest BCUT2D eigenvalue weighted by Gasteiger charge is -2.39. The summed E-state index contributed by atoms with van der Waals surface area (Å²) in [6.07, 6.45) is 4.03. The lowest BCUT2D eigenvalue weighted by Crippen LogP contribution is -2.46. The first-order chi connectivity index (χ1) is 11.5. The Balaban J connectivity index is 1.84. The molecule has 1 aromatic carbocycles. The van der Waals surface area contributed by atoms with E-state index in [2.05, 4.69) is 24.0 Å². The third-order valence-electron chi connectivity index (χ3n) is 4.30. The van der Waals surface area contributed by atoms with E-state index in [0.29, 0.717) is 17.4 Å². The number of thiazole rings is 1. The zero-order chi connectivity index (χ0) is 17.3. The summed E-state index contributed by atoms with van der Waals surface area (Å²) in [7, 11) is 5.56. The van der Waals surface area contributed by atoms with Crippen molar-refractivity contribution >= 4 is 17.3 Å². The number of carbonyl (C=O) groups excluding carboxylic acids is 1. The van der Waals surface area contributed by atoms with Gasteiger partial charge in [-0.15, -0.1) is 11.3 Å². The minimum absolute atomic E-state index is 0.191. The maximum absolute atomic E-state index is 12.0. The van der Waals surface area contributed by atoms with E-state index in [1.807, 2.05) is 19.2 Å². The van der Waals surface area contributed by atoms with E-state index in [4.69, 9.17) is 9.47 Å². The quantitative estimate of drug-likeness (QED) is 0.777. The van der Waals surface area contributed by atoms with Crippen LogP contribution in [0.2, 0.25) is 0 Å². The third-order valence-corrected chi connectivity index (χ3v) is 5.26. The summed E-state index contributed by atoms with van der Waals surface area (Å²) in [5.41, 5.74) is 1.37. The number of carbonyl (C=O) groups is 1. The highest BCUT2D eigenvalue weighted by Gasteiger charge is 2.32. The second kappa shape index (κ2) is 6.91. The Morgan fingerprint density at radius 2 is 2.04 bits per heavy atom.